The molecule has 0 aromatic carbocycles. The van der Waals surface area contributed by atoms with E-state index in [0.29, 0.717) is 11.5 Å². The zero-order chi connectivity index (χ0) is 24.2. The SMILES string of the molecule is CC1=C(O)C(=O)C=C2C1=CC=C1[C@@]2(C)CC[C@@]2(C)[C@@H]3C[C@](C)(C(N)=O)CCC3(C)CC[C@]12C. The number of carbonyl (C=O) groups is 2. The Morgan fingerprint density at radius 3 is 2.33 bits per heavy atom. The second kappa shape index (κ2) is 6.52. The van der Waals surface area contributed by atoms with Crippen LogP contribution >= 0.6 is 0 Å². The number of aliphatic hydroxyl groups excluding tert-OH is 1. The molecule has 5 aliphatic carbocycles. The molecule has 178 valence electrons. The lowest BCUT2D eigenvalue weighted by Crippen LogP contribution is -2.62. The molecule has 3 N–H and O–H groups in total. The van der Waals surface area contributed by atoms with Crippen LogP contribution in [0, 0.1) is 33.0 Å². The lowest BCUT2D eigenvalue weighted by atomic mass is 9.34. The van der Waals surface area contributed by atoms with E-state index in [0.717, 1.165) is 56.1 Å². The molecule has 3 fully saturated rings. The van der Waals surface area contributed by atoms with Gasteiger partial charge in [0.1, 0.15) is 0 Å². The average Bonchev–Trinajstić information content (AvgIpc) is 2.75. The van der Waals surface area contributed by atoms with Gasteiger partial charge in [-0.1, -0.05) is 52.3 Å². The fourth-order valence-corrected chi connectivity index (χ4v) is 8.68. The van der Waals surface area contributed by atoms with Crippen LogP contribution in [0.3, 0.4) is 0 Å². The molecule has 33 heavy (non-hydrogen) atoms. The Morgan fingerprint density at radius 1 is 1.00 bits per heavy atom. The summed E-state index contributed by atoms with van der Waals surface area (Å²) in [5, 5.41) is 10.3. The average molecular weight is 450 g/mol. The molecule has 5 aliphatic rings. The van der Waals surface area contributed by atoms with Crippen molar-refractivity contribution >= 4 is 11.7 Å². The molecule has 0 saturated heterocycles. The quantitative estimate of drug-likeness (QED) is 0.508. The Labute approximate surface area is 198 Å². The third-order valence-electron chi connectivity index (χ3n) is 11.5. The Morgan fingerprint density at radius 2 is 1.67 bits per heavy atom. The van der Waals surface area contributed by atoms with E-state index in [2.05, 4.69) is 46.8 Å². The highest BCUT2D eigenvalue weighted by Crippen LogP contribution is 2.75. The second-order valence-corrected chi connectivity index (χ2v) is 13.0. The minimum Gasteiger partial charge on any atom is -0.504 e. The molecule has 0 radical (unpaired) electrons. The van der Waals surface area contributed by atoms with Crippen molar-refractivity contribution in [2.24, 2.45) is 38.7 Å². The number of ketones is 1. The molecule has 0 bridgehead atoms. The third kappa shape index (κ3) is 2.64. The molecule has 3 saturated carbocycles. The smallest absolute Gasteiger partial charge is 0.223 e. The monoisotopic (exact) mass is 449 g/mol. The van der Waals surface area contributed by atoms with Crippen LogP contribution in [0.15, 0.2) is 46.3 Å². The molecule has 1 unspecified atom stereocenters. The van der Waals surface area contributed by atoms with Crippen molar-refractivity contribution < 1.29 is 14.7 Å². The van der Waals surface area contributed by atoms with E-state index in [9.17, 15) is 14.7 Å². The predicted octanol–water partition coefficient (Wildman–Crippen LogP) is 6.10. The largest absolute Gasteiger partial charge is 0.504 e. The Kier molecular flexibility index (Phi) is 4.48. The van der Waals surface area contributed by atoms with Crippen LogP contribution in [0.1, 0.15) is 86.5 Å². The van der Waals surface area contributed by atoms with Crippen LogP contribution < -0.4 is 5.73 Å². The van der Waals surface area contributed by atoms with E-state index in [1.54, 1.807) is 6.08 Å². The molecular formula is C29H39NO3. The summed E-state index contributed by atoms with van der Waals surface area (Å²) in [4.78, 5) is 25.1. The van der Waals surface area contributed by atoms with Crippen LogP contribution in [-0.2, 0) is 9.59 Å². The van der Waals surface area contributed by atoms with Crippen LogP contribution in [0.5, 0.6) is 0 Å². The maximum Gasteiger partial charge on any atom is 0.223 e. The van der Waals surface area contributed by atoms with Gasteiger partial charge in [-0.25, -0.2) is 0 Å². The molecular weight excluding hydrogens is 410 g/mol. The van der Waals surface area contributed by atoms with Crippen molar-refractivity contribution in [1.29, 1.82) is 0 Å². The molecule has 4 nitrogen and oxygen atoms in total. The number of carbonyl (C=O) groups excluding carboxylic acids is 2. The van der Waals surface area contributed by atoms with E-state index in [1.807, 2.05) is 6.92 Å². The highest BCUT2D eigenvalue weighted by Gasteiger charge is 2.67. The molecule has 0 aliphatic heterocycles. The Balaban J connectivity index is 1.64. The minimum atomic E-state index is -0.433. The Hall–Kier alpha value is -2.10. The summed E-state index contributed by atoms with van der Waals surface area (Å²) in [5.74, 6) is -0.128. The number of nitrogens with two attached hydrogens (primary N) is 1. The summed E-state index contributed by atoms with van der Waals surface area (Å²) in [7, 11) is 0. The summed E-state index contributed by atoms with van der Waals surface area (Å²) < 4.78 is 0. The van der Waals surface area contributed by atoms with Gasteiger partial charge < -0.3 is 10.8 Å². The first-order chi connectivity index (χ1) is 15.2. The lowest BCUT2D eigenvalue weighted by molar-refractivity contribution is -0.167. The van der Waals surface area contributed by atoms with Crippen LogP contribution in [-0.4, -0.2) is 16.8 Å². The minimum absolute atomic E-state index is 0.0247. The first kappa shape index (κ1) is 22.7. The van der Waals surface area contributed by atoms with Gasteiger partial charge in [0.25, 0.3) is 0 Å². The van der Waals surface area contributed by atoms with Gasteiger partial charge in [-0.2, -0.15) is 0 Å². The van der Waals surface area contributed by atoms with Crippen LogP contribution in [0.4, 0.5) is 0 Å². The van der Waals surface area contributed by atoms with E-state index >= 15 is 0 Å². The van der Waals surface area contributed by atoms with Gasteiger partial charge in [0.05, 0.1) is 0 Å². The predicted molar refractivity (Wildman–Crippen MR) is 130 cm³/mol. The van der Waals surface area contributed by atoms with Crippen molar-refractivity contribution in [2.45, 2.75) is 86.5 Å². The normalized spacial score (nSPS) is 46.8. The van der Waals surface area contributed by atoms with Gasteiger partial charge in [0, 0.05) is 16.4 Å². The number of hydrogen-bond acceptors (Lipinski definition) is 3. The van der Waals surface area contributed by atoms with Gasteiger partial charge >= 0.3 is 0 Å². The lowest BCUT2D eigenvalue weighted by Gasteiger charge is -2.70. The number of hydrogen-bond donors (Lipinski definition) is 2. The van der Waals surface area contributed by atoms with Crippen molar-refractivity contribution in [2.75, 3.05) is 0 Å². The van der Waals surface area contributed by atoms with Gasteiger partial charge in [-0.15, -0.1) is 0 Å². The molecule has 0 heterocycles. The number of fused-ring (bicyclic) bond motifs is 7. The molecule has 0 aromatic heterocycles. The molecule has 1 amide bonds. The highest BCUT2D eigenvalue weighted by atomic mass is 16.3. The number of primary amides is 1. The topological polar surface area (TPSA) is 80.4 Å². The molecule has 4 heteroatoms. The third-order valence-corrected chi connectivity index (χ3v) is 11.5. The van der Waals surface area contributed by atoms with E-state index in [1.165, 1.54) is 5.57 Å². The number of allylic oxidation sites excluding steroid dienone is 7. The standard InChI is InChI=1S/C29H39NO3/c1-17-18-7-8-21-27(4,19(18)15-20(31)23(17)32)12-14-29(6)22-16-26(3,24(30)33)10-9-25(22,2)11-13-28(21,29)5/h7-8,15,22,32H,9-14,16H2,1-6H3,(H2,30,33)/t22-,25?,26-,27+,28-,29+/m1/s1. The van der Waals surface area contributed by atoms with E-state index in [4.69, 9.17) is 5.73 Å². The summed E-state index contributed by atoms with van der Waals surface area (Å²) in [6, 6.07) is 0. The van der Waals surface area contributed by atoms with Crippen LogP contribution in [0.2, 0.25) is 0 Å². The van der Waals surface area contributed by atoms with Crippen molar-refractivity contribution in [3.8, 4) is 0 Å². The molecule has 0 aromatic rings. The summed E-state index contributed by atoms with van der Waals surface area (Å²) >= 11 is 0. The summed E-state index contributed by atoms with van der Waals surface area (Å²) in [6.07, 6.45) is 13.2. The number of aliphatic hydroxyl groups is 1. The summed E-state index contributed by atoms with van der Waals surface area (Å²) in [6.45, 7) is 13.6. The maximum atomic E-state index is 12.6. The first-order valence-electron chi connectivity index (χ1n) is 12.6. The number of rotatable bonds is 1. The van der Waals surface area contributed by atoms with Crippen molar-refractivity contribution in [3.05, 3.63) is 46.3 Å². The van der Waals surface area contributed by atoms with Crippen molar-refractivity contribution in [3.63, 3.8) is 0 Å². The van der Waals surface area contributed by atoms with Gasteiger partial charge in [0.2, 0.25) is 11.7 Å². The molecule has 5 rings (SSSR count). The van der Waals surface area contributed by atoms with Crippen LogP contribution in [0.25, 0.3) is 0 Å². The van der Waals surface area contributed by atoms with Gasteiger partial charge in [-0.3, -0.25) is 9.59 Å². The zero-order valence-corrected chi connectivity index (χ0v) is 21.1. The van der Waals surface area contributed by atoms with Gasteiger partial charge in [-0.05, 0) is 91.3 Å². The fourth-order valence-electron chi connectivity index (χ4n) is 8.68. The van der Waals surface area contributed by atoms with E-state index in [-0.39, 0.29) is 39.1 Å². The first-order valence-corrected chi connectivity index (χ1v) is 12.6. The zero-order valence-electron chi connectivity index (χ0n) is 21.1. The highest BCUT2D eigenvalue weighted by molar-refractivity contribution is 6.06. The van der Waals surface area contributed by atoms with Crippen molar-refractivity contribution in [1.82, 2.24) is 0 Å². The van der Waals surface area contributed by atoms with Gasteiger partial charge in [0.15, 0.2) is 5.76 Å². The number of amides is 1. The second-order valence-electron chi connectivity index (χ2n) is 13.0. The molecule has 6 atom stereocenters. The Bertz CT molecular complexity index is 1110. The fraction of sp³-hybridized carbons (Fsp3) is 0.655. The maximum absolute atomic E-state index is 12.6. The summed E-state index contributed by atoms with van der Waals surface area (Å²) in [5.41, 5.74) is 9.73. The molecule has 0 spiro atoms. The van der Waals surface area contributed by atoms with E-state index < -0.39 is 5.41 Å².